The first-order chi connectivity index (χ1) is 13.2. The minimum absolute atomic E-state index is 0.103. The number of anilines is 4. The molecular weight excluding hydrogens is 352 g/mol. The van der Waals surface area contributed by atoms with Crippen LogP contribution in [0.25, 0.3) is 0 Å². The van der Waals surface area contributed by atoms with Crippen molar-refractivity contribution in [1.29, 1.82) is 0 Å². The lowest BCUT2D eigenvalue weighted by molar-refractivity contribution is 0.0697. The Morgan fingerprint density at radius 2 is 1.46 bits per heavy atom. The Bertz CT molecular complexity index is 975. The number of benzene rings is 2. The van der Waals surface area contributed by atoms with Crippen LogP contribution in [0.1, 0.15) is 42.4 Å². The second-order valence-electron chi connectivity index (χ2n) is 7.68. The fraction of sp³-hybridized carbons (Fsp3) is 0.227. The first-order valence-electron chi connectivity index (χ1n) is 9.04. The van der Waals surface area contributed by atoms with Gasteiger partial charge in [0.1, 0.15) is 5.82 Å². The van der Waals surface area contributed by atoms with E-state index < -0.39 is 5.97 Å². The lowest BCUT2D eigenvalue weighted by Gasteiger charge is -2.19. The molecule has 0 bridgehead atoms. The molecule has 3 rings (SSSR count). The van der Waals surface area contributed by atoms with Gasteiger partial charge in [-0.05, 0) is 54.3 Å². The minimum Gasteiger partial charge on any atom is -0.478 e. The summed E-state index contributed by atoms with van der Waals surface area (Å²) in [6.45, 7) is 8.44. The van der Waals surface area contributed by atoms with Crippen LogP contribution in [0.4, 0.5) is 23.1 Å². The zero-order valence-corrected chi connectivity index (χ0v) is 16.4. The largest absolute Gasteiger partial charge is 0.478 e. The van der Waals surface area contributed by atoms with Crippen molar-refractivity contribution in [3.8, 4) is 0 Å². The molecule has 28 heavy (non-hydrogen) atoms. The van der Waals surface area contributed by atoms with Crippen molar-refractivity contribution in [1.82, 2.24) is 9.97 Å². The maximum absolute atomic E-state index is 11.0. The van der Waals surface area contributed by atoms with Crippen molar-refractivity contribution in [2.45, 2.75) is 33.1 Å². The zero-order chi connectivity index (χ0) is 20.3. The standard InChI is InChI=1S/C22H24N4O2/c1-14-13-19(24-17-9-5-15(6-10-17)20(27)28)26-21(23-14)25-18-11-7-16(8-12-18)22(2,3)4/h5-13H,1-4H3,(H,27,28)(H2,23,24,25,26). The highest BCUT2D eigenvalue weighted by Crippen LogP contribution is 2.25. The summed E-state index contributed by atoms with van der Waals surface area (Å²) in [6.07, 6.45) is 0. The maximum Gasteiger partial charge on any atom is 0.335 e. The molecule has 1 heterocycles. The van der Waals surface area contributed by atoms with Crippen LogP contribution in [0.15, 0.2) is 54.6 Å². The SMILES string of the molecule is Cc1cc(Nc2ccc(C(=O)O)cc2)nc(Nc2ccc(C(C)(C)C)cc2)n1. The van der Waals surface area contributed by atoms with E-state index >= 15 is 0 Å². The van der Waals surface area contributed by atoms with Crippen molar-refractivity contribution < 1.29 is 9.90 Å². The number of nitrogens with one attached hydrogen (secondary N) is 2. The lowest BCUT2D eigenvalue weighted by Crippen LogP contribution is -2.10. The van der Waals surface area contributed by atoms with Gasteiger partial charge in [-0.15, -0.1) is 0 Å². The van der Waals surface area contributed by atoms with Crippen molar-refractivity contribution >= 4 is 29.1 Å². The Morgan fingerprint density at radius 1 is 0.893 bits per heavy atom. The summed E-state index contributed by atoms with van der Waals surface area (Å²) >= 11 is 0. The molecule has 144 valence electrons. The number of rotatable bonds is 5. The highest BCUT2D eigenvalue weighted by Gasteiger charge is 2.13. The van der Waals surface area contributed by atoms with Crippen LogP contribution in [0.5, 0.6) is 0 Å². The first-order valence-corrected chi connectivity index (χ1v) is 9.04. The summed E-state index contributed by atoms with van der Waals surface area (Å²) in [7, 11) is 0. The smallest absolute Gasteiger partial charge is 0.335 e. The van der Waals surface area contributed by atoms with Gasteiger partial charge in [0.2, 0.25) is 5.95 Å². The molecule has 0 amide bonds. The molecule has 0 aliphatic carbocycles. The van der Waals surface area contributed by atoms with Gasteiger partial charge in [0.25, 0.3) is 0 Å². The quantitative estimate of drug-likeness (QED) is 0.562. The van der Waals surface area contributed by atoms with E-state index in [9.17, 15) is 4.79 Å². The van der Waals surface area contributed by atoms with Crippen molar-refractivity contribution in [2.75, 3.05) is 10.6 Å². The Labute approximate surface area is 164 Å². The molecule has 0 atom stereocenters. The summed E-state index contributed by atoms with van der Waals surface area (Å²) in [5.74, 6) is 0.172. The predicted octanol–water partition coefficient (Wildman–Crippen LogP) is 5.27. The Morgan fingerprint density at radius 3 is 2.04 bits per heavy atom. The van der Waals surface area contributed by atoms with Gasteiger partial charge in [0.15, 0.2) is 0 Å². The van der Waals surface area contributed by atoms with E-state index in [1.165, 1.54) is 5.56 Å². The topological polar surface area (TPSA) is 87.1 Å². The van der Waals surface area contributed by atoms with E-state index in [4.69, 9.17) is 5.11 Å². The number of hydrogen-bond acceptors (Lipinski definition) is 5. The summed E-state index contributed by atoms with van der Waals surface area (Å²) < 4.78 is 0. The third-order valence-corrected chi connectivity index (χ3v) is 4.27. The Balaban J connectivity index is 1.76. The number of nitrogens with zero attached hydrogens (tertiary/aromatic N) is 2. The third kappa shape index (κ3) is 4.85. The number of carbonyl (C=O) groups is 1. The second kappa shape index (κ2) is 7.68. The van der Waals surface area contributed by atoms with E-state index in [1.54, 1.807) is 24.3 Å². The van der Waals surface area contributed by atoms with Crippen LogP contribution in [0.3, 0.4) is 0 Å². The van der Waals surface area contributed by atoms with Gasteiger partial charge in [0.05, 0.1) is 5.56 Å². The van der Waals surface area contributed by atoms with Crippen molar-refractivity contribution in [2.24, 2.45) is 0 Å². The number of aromatic carboxylic acids is 1. The van der Waals surface area contributed by atoms with Crippen LogP contribution in [-0.4, -0.2) is 21.0 Å². The van der Waals surface area contributed by atoms with Gasteiger partial charge >= 0.3 is 5.97 Å². The highest BCUT2D eigenvalue weighted by molar-refractivity contribution is 5.88. The molecule has 2 aromatic carbocycles. The normalized spacial score (nSPS) is 11.1. The van der Waals surface area contributed by atoms with Crippen LogP contribution in [-0.2, 0) is 5.41 Å². The van der Waals surface area contributed by atoms with E-state index in [1.807, 2.05) is 25.1 Å². The Hall–Kier alpha value is -3.41. The van der Waals surface area contributed by atoms with Gasteiger partial charge in [0, 0.05) is 23.1 Å². The average molecular weight is 376 g/mol. The van der Waals surface area contributed by atoms with Crippen LogP contribution >= 0.6 is 0 Å². The summed E-state index contributed by atoms with van der Waals surface area (Å²) in [6, 6.07) is 16.6. The first kappa shape index (κ1) is 19.4. The summed E-state index contributed by atoms with van der Waals surface area (Å²) in [5.41, 5.74) is 4.08. The van der Waals surface area contributed by atoms with E-state index in [0.717, 1.165) is 17.1 Å². The number of aromatic nitrogens is 2. The number of carboxylic acid groups (broad SMARTS) is 1. The molecule has 0 fully saturated rings. The van der Waals surface area contributed by atoms with Gasteiger partial charge in [-0.3, -0.25) is 0 Å². The van der Waals surface area contributed by atoms with Gasteiger partial charge in [-0.1, -0.05) is 32.9 Å². The number of hydrogen-bond donors (Lipinski definition) is 3. The van der Waals surface area contributed by atoms with E-state index in [-0.39, 0.29) is 11.0 Å². The van der Waals surface area contributed by atoms with Crippen LogP contribution in [0.2, 0.25) is 0 Å². The van der Waals surface area contributed by atoms with Gasteiger partial charge < -0.3 is 15.7 Å². The molecule has 6 heteroatoms. The molecule has 1 aromatic heterocycles. The molecule has 0 radical (unpaired) electrons. The lowest BCUT2D eigenvalue weighted by atomic mass is 9.87. The zero-order valence-electron chi connectivity index (χ0n) is 16.4. The molecule has 0 unspecified atom stereocenters. The average Bonchev–Trinajstić information content (AvgIpc) is 2.61. The van der Waals surface area contributed by atoms with E-state index in [0.29, 0.717) is 11.8 Å². The maximum atomic E-state index is 11.0. The minimum atomic E-state index is -0.951. The molecule has 0 aliphatic rings. The van der Waals surface area contributed by atoms with E-state index in [2.05, 4.69) is 53.5 Å². The van der Waals surface area contributed by atoms with Gasteiger partial charge in [-0.2, -0.15) is 4.98 Å². The molecule has 6 nitrogen and oxygen atoms in total. The monoisotopic (exact) mass is 376 g/mol. The molecule has 3 N–H and O–H groups in total. The van der Waals surface area contributed by atoms with Crippen molar-refractivity contribution in [3.05, 3.63) is 71.4 Å². The molecule has 0 aliphatic heterocycles. The predicted molar refractivity (Wildman–Crippen MR) is 112 cm³/mol. The van der Waals surface area contributed by atoms with Crippen molar-refractivity contribution in [3.63, 3.8) is 0 Å². The van der Waals surface area contributed by atoms with Gasteiger partial charge in [-0.25, -0.2) is 9.78 Å². The third-order valence-electron chi connectivity index (χ3n) is 4.27. The summed E-state index contributed by atoms with van der Waals surface area (Å²) in [4.78, 5) is 19.9. The number of aryl methyl sites for hydroxylation is 1. The fourth-order valence-electron chi connectivity index (χ4n) is 2.72. The second-order valence-corrected chi connectivity index (χ2v) is 7.68. The Kier molecular flexibility index (Phi) is 5.31. The highest BCUT2D eigenvalue weighted by atomic mass is 16.4. The summed E-state index contributed by atoms with van der Waals surface area (Å²) in [5, 5.41) is 15.4. The number of carboxylic acids is 1. The molecule has 0 spiro atoms. The molecule has 0 saturated carbocycles. The van der Waals surface area contributed by atoms with Crippen LogP contribution in [0, 0.1) is 6.92 Å². The fourth-order valence-corrected chi connectivity index (χ4v) is 2.72. The molecular formula is C22H24N4O2. The van der Waals surface area contributed by atoms with Crippen LogP contribution < -0.4 is 10.6 Å². The molecule has 0 saturated heterocycles. The molecule has 3 aromatic rings.